The Morgan fingerprint density at radius 3 is 2.31 bits per heavy atom. The Balaban J connectivity index is 1.87. The number of aliphatic imine (C=N–C) groups is 1. The third kappa shape index (κ3) is 6.08. The summed E-state index contributed by atoms with van der Waals surface area (Å²) in [6.07, 6.45) is 0.867. The largest absolute Gasteiger partial charge is 0.497 e. The van der Waals surface area contributed by atoms with Gasteiger partial charge in [0.25, 0.3) is 5.69 Å². The van der Waals surface area contributed by atoms with Crippen molar-refractivity contribution in [2.45, 2.75) is 19.9 Å². The fourth-order valence-corrected chi connectivity index (χ4v) is 2.35. The number of guanidine groups is 1. The van der Waals surface area contributed by atoms with Gasteiger partial charge in [0.2, 0.25) is 0 Å². The van der Waals surface area contributed by atoms with E-state index >= 15 is 0 Å². The highest BCUT2D eigenvalue weighted by molar-refractivity contribution is 5.79. The van der Waals surface area contributed by atoms with Gasteiger partial charge in [0, 0.05) is 25.2 Å². The van der Waals surface area contributed by atoms with Crippen LogP contribution < -0.4 is 15.4 Å². The lowest BCUT2D eigenvalue weighted by Gasteiger charge is -2.11. The minimum Gasteiger partial charge on any atom is -0.497 e. The third-order valence-corrected chi connectivity index (χ3v) is 3.78. The number of nitro benzene ring substituents is 1. The lowest BCUT2D eigenvalue weighted by molar-refractivity contribution is -0.384. The molecule has 7 nitrogen and oxygen atoms in total. The van der Waals surface area contributed by atoms with Crippen LogP contribution in [-0.2, 0) is 13.0 Å². The predicted octanol–water partition coefficient (Wildman–Crippen LogP) is 2.90. The SMILES string of the molecule is CCNC(=NCc1ccc([N+](=O)[O-])cc1)NCCc1ccc(OC)cc1. The van der Waals surface area contributed by atoms with Crippen molar-refractivity contribution in [2.75, 3.05) is 20.2 Å². The number of ether oxygens (including phenoxy) is 1. The monoisotopic (exact) mass is 356 g/mol. The second-order valence-corrected chi connectivity index (χ2v) is 5.64. The summed E-state index contributed by atoms with van der Waals surface area (Å²) >= 11 is 0. The molecule has 0 aliphatic rings. The lowest BCUT2D eigenvalue weighted by Crippen LogP contribution is -2.38. The molecule has 0 amide bonds. The number of hydrogen-bond acceptors (Lipinski definition) is 4. The Bertz CT molecular complexity index is 727. The van der Waals surface area contributed by atoms with Crippen LogP contribution in [0.25, 0.3) is 0 Å². The summed E-state index contributed by atoms with van der Waals surface area (Å²) in [5.41, 5.74) is 2.22. The summed E-state index contributed by atoms with van der Waals surface area (Å²) in [5.74, 6) is 1.57. The number of nitrogens with one attached hydrogen (secondary N) is 2. The smallest absolute Gasteiger partial charge is 0.269 e. The maximum absolute atomic E-state index is 10.7. The summed E-state index contributed by atoms with van der Waals surface area (Å²) in [4.78, 5) is 14.8. The Labute approximate surface area is 153 Å². The van der Waals surface area contributed by atoms with Gasteiger partial charge in [-0.3, -0.25) is 10.1 Å². The standard InChI is InChI=1S/C19H24N4O3/c1-3-20-19(21-13-12-15-6-10-18(26-2)11-7-15)22-14-16-4-8-17(9-5-16)23(24)25/h4-11H,3,12-14H2,1-2H3,(H2,20,21,22). The molecule has 0 saturated carbocycles. The molecule has 0 atom stereocenters. The first-order valence-electron chi connectivity index (χ1n) is 8.51. The van der Waals surface area contributed by atoms with Gasteiger partial charge in [-0.2, -0.15) is 0 Å². The average molecular weight is 356 g/mol. The minimum atomic E-state index is -0.405. The number of nitro groups is 1. The molecule has 2 N–H and O–H groups in total. The molecule has 0 aliphatic heterocycles. The minimum absolute atomic E-state index is 0.0854. The molecule has 0 spiro atoms. The summed E-state index contributed by atoms with van der Waals surface area (Å²) in [5, 5.41) is 17.2. The highest BCUT2D eigenvalue weighted by atomic mass is 16.6. The molecule has 2 aromatic rings. The number of methoxy groups -OCH3 is 1. The second kappa shape index (κ2) is 10.0. The van der Waals surface area contributed by atoms with E-state index in [0.29, 0.717) is 6.54 Å². The van der Waals surface area contributed by atoms with Gasteiger partial charge >= 0.3 is 0 Å². The number of nitrogens with zero attached hydrogens (tertiary/aromatic N) is 2. The predicted molar refractivity (Wildman–Crippen MR) is 103 cm³/mol. The van der Waals surface area contributed by atoms with Crippen molar-refractivity contribution in [1.29, 1.82) is 0 Å². The van der Waals surface area contributed by atoms with E-state index in [1.165, 1.54) is 17.7 Å². The van der Waals surface area contributed by atoms with E-state index in [2.05, 4.69) is 15.6 Å². The van der Waals surface area contributed by atoms with E-state index in [4.69, 9.17) is 4.74 Å². The van der Waals surface area contributed by atoms with Crippen LogP contribution >= 0.6 is 0 Å². The van der Waals surface area contributed by atoms with Gasteiger partial charge in [-0.1, -0.05) is 24.3 Å². The summed E-state index contributed by atoms with van der Waals surface area (Å²) in [6.45, 7) is 3.97. The Hall–Kier alpha value is -3.09. The summed E-state index contributed by atoms with van der Waals surface area (Å²) < 4.78 is 5.16. The molecule has 2 rings (SSSR count). The first-order chi connectivity index (χ1) is 12.6. The normalized spacial score (nSPS) is 11.1. The van der Waals surface area contributed by atoms with Crippen LogP contribution in [0, 0.1) is 10.1 Å². The van der Waals surface area contributed by atoms with E-state index in [0.717, 1.165) is 36.8 Å². The van der Waals surface area contributed by atoms with E-state index in [-0.39, 0.29) is 5.69 Å². The van der Waals surface area contributed by atoms with E-state index in [1.807, 2.05) is 31.2 Å². The Morgan fingerprint density at radius 2 is 1.73 bits per heavy atom. The maximum atomic E-state index is 10.7. The first kappa shape index (κ1) is 19.2. The first-order valence-corrected chi connectivity index (χ1v) is 8.51. The molecule has 0 fully saturated rings. The maximum Gasteiger partial charge on any atom is 0.269 e. The molecular weight excluding hydrogens is 332 g/mol. The van der Waals surface area contributed by atoms with Gasteiger partial charge < -0.3 is 15.4 Å². The highest BCUT2D eigenvalue weighted by Gasteiger charge is 2.04. The van der Waals surface area contributed by atoms with Crippen molar-refractivity contribution in [3.05, 3.63) is 69.8 Å². The second-order valence-electron chi connectivity index (χ2n) is 5.64. The van der Waals surface area contributed by atoms with E-state index in [9.17, 15) is 10.1 Å². The molecule has 0 saturated heterocycles. The van der Waals surface area contributed by atoms with Crippen molar-refractivity contribution in [1.82, 2.24) is 10.6 Å². The fraction of sp³-hybridized carbons (Fsp3) is 0.316. The lowest BCUT2D eigenvalue weighted by atomic mass is 10.1. The average Bonchev–Trinajstić information content (AvgIpc) is 2.67. The van der Waals surface area contributed by atoms with Crippen molar-refractivity contribution in [3.8, 4) is 5.75 Å². The zero-order valence-corrected chi connectivity index (χ0v) is 15.1. The zero-order valence-electron chi connectivity index (χ0n) is 15.1. The molecule has 2 aromatic carbocycles. The topological polar surface area (TPSA) is 88.8 Å². The molecule has 0 aromatic heterocycles. The van der Waals surface area contributed by atoms with Gasteiger partial charge in [0.15, 0.2) is 5.96 Å². The molecule has 0 unspecified atom stereocenters. The van der Waals surface area contributed by atoms with E-state index < -0.39 is 4.92 Å². The molecule has 0 bridgehead atoms. The third-order valence-electron chi connectivity index (χ3n) is 3.78. The van der Waals surface area contributed by atoms with Crippen molar-refractivity contribution in [2.24, 2.45) is 4.99 Å². The number of non-ortho nitro benzene ring substituents is 1. The number of hydrogen-bond donors (Lipinski definition) is 2. The van der Waals surface area contributed by atoms with E-state index in [1.54, 1.807) is 19.2 Å². The fourth-order valence-electron chi connectivity index (χ4n) is 2.35. The van der Waals surface area contributed by atoms with Crippen molar-refractivity contribution < 1.29 is 9.66 Å². The van der Waals surface area contributed by atoms with Gasteiger partial charge in [0.1, 0.15) is 5.75 Å². The quantitative estimate of drug-likeness (QED) is 0.329. The molecule has 138 valence electrons. The highest BCUT2D eigenvalue weighted by Crippen LogP contribution is 2.13. The van der Waals surface area contributed by atoms with Crippen molar-refractivity contribution >= 4 is 11.6 Å². The molecule has 7 heteroatoms. The summed E-state index contributed by atoms with van der Waals surface area (Å²) in [6, 6.07) is 14.4. The van der Waals surface area contributed by atoms with Gasteiger partial charge in [-0.05, 0) is 36.6 Å². The van der Waals surface area contributed by atoms with Gasteiger partial charge in [0.05, 0.1) is 18.6 Å². The number of benzene rings is 2. The number of rotatable bonds is 8. The molecule has 0 heterocycles. The van der Waals surface area contributed by atoms with Crippen LogP contribution in [-0.4, -0.2) is 31.1 Å². The van der Waals surface area contributed by atoms with Crippen LogP contribution in [0.2, 0.25) is 0 Å². The van der Waals surface area contributed by atoms with Crippen LogP contribution in [0.15, 0.2) is 53.5 Å². The van der Waals surface area contributed by atoms with Gasteiger partial charge in [-0.25, -0.2) is 4.99 Å². The molecule has 26 heavy (non-hydrogen) atoms. The Kier molecular flexibility index (Phi) is 7.42. The zero-order chi connectivity index (χ0) is 18.8. The van der Waals surface area contributed by atoms with Gasteiger partial charge in [-0.15, -0.1) is 0 Å². The van der Waals surface area contributed by atoms with Crippen LogP contribution in [0.4, 0.5) is 5.69 Å². The van der Waals surface area contributed by atoms with Crippen LogP contribution in [0.3, 0.4) is 0 Å². The Morgan fingerprint density at radius 1 is 1.08 bits per heavy atom. The molecular formula is C19H24N4O3. The molecule has 0 aliphatic carbocycles. The van der Waals surface area contributed by atoms with Crippen LogP contribution in [0.1, 0.15) is 18.1 Å². The summed E-state index contributed by atoms with van der Waals surface area (Å²) in [7, 11) is 1.65. The van der Waals surface area contributed by atoms with Crippen LogP contribution in [0.5, 0.6) is 5.75 Å². The molecule has 0 radical (unpaired) electrons. The van der Waals surface area contributed by atoms with Crippen molar-refractivity contribution in [3.63, 3.8) is 0 Å².